The van der Waals surface area contributed by atoms with Gasteiger partial charge < -0.3 is 10.2 Å². The summed E-state index contributed by atoms with van der Waals surface area (Å²) in [4.78, 5) is 18.3. The molecule has 1 aliphatic heterocycles. The molecule has 1 N–H and O–H groups in total. The van der Waals surface area contributed by atoms with Crippen LogP contribution in [0.4, 0.5) is 14.6 Å². The minimum Gasteiger partial charge on any atom is -0.351 e. The Hall–Kier alpha value is -1.74. The van der Waals surface area contributed by atoms with Crippen molar-refractivity contribution >= 4 is 39.3 Å². The summed E-state index contributed by atoms with van der Waals surface area (Å²) in [7, 11) is 1.49. The van der Waals surface area contributed by atoms with Gasteiger partial charge in [0, 0.05) is 37.0 Å². The molecule has 1 fully saturated rings. The Morgan fingerprint density at radius 1 is 1.50 bits per heavy atom. The number of anilines is 1. The van der Waals surface area contributed by atoms with Gasteiger partial charge in [0.1, 0.15) is 11.5 Å². The Labute approximate surface area is 149 Å². The van der Waals surface area contributed by atoms with E-state index in [1.54, 1.807) is 12.3 Å². The van der Waals surface area contributed by atoms with Crippen molar-refractivity contribution in [2.24, 2.45) is 7.05 Å². The first-order valence-electron chi connectivity index (χ1n) is 7.03. The molecule has 3 heterocycles. The van der Waals surface area contributed by atoms with Gasteiger partial charge in [0.25, 0.3) is 12.3 Å². The predicted octanol–water partition coefficient (Wildman–Crippen LogP) is 2.79. The van der Waals surface area contributed by atoms with E-state index >= 15 is 0 Å². The molecule has 0 saturated carbocycles. The first kappa shape index (κ1) is 17.1. The molecule has 0 spiro atoms. The van der Waals surface area contributed by atoms with Crippen LogP contribution in [0.1, 0.15) is 22.5 Å². The molecule has 0 bridgehead atoms. The van der Waals surface area contributed by atoms with Crippen LogP contribution >= 0.6 is 27.5 Å². The second kappa shape index (κ2) is 6.64. The highest BCUT2D eigenvalue weighted by atomic mass is 79.9. The quantitative estimate of drug-likeness (QED) is 0.826. The molecule has 1 saturated heterocycles. The van der Waals surface area contributed by atoms with E-state index in [1.165, 1.54) is 17.9 Å². The Kier molecular flexibility index (Phi) is 4.73. The lowest BCUT2D eigenvalue weighted by molar-refractivity contribution is 0.0915. The molecule has 1 aliphatic rings. The van der Waals surface area contributed by atoms with Crippen molar-refractivity contribution in [3.8, 4) is 0 Å². The number of pyridine rings is 1. The molecular weight excluding hydrogens is 408 g/mol. The van der Waals surface area contributed by atoms with Crippen LogP contribution in [0.25, 0.3) is 0 Å². The summed E-state index contributed by atoms with van der Waals surface area (Å²) in [6, 6.07) is 1.57. The molecule has 0 unspecified atom stereocenters. The van der Waals surface area contributed by atoms with Gasteiger partial charge in [-0.2, -0.15) is 5.10 Å². The van der Waals surface area contributed by atoms with E-state index in [0.717, 1.165) is 4.47 Å². The molecule has 0 aromatic carbocycles. The number of amides is 1. The highest BCUT2D eigenvalue weighted by Crippen LogP contribution is 2.29. The number of hydrogen-bond donors (Lipinski definition) is 1. The van der Waals surface area contributed by atoms with Crippen molar-refractivity contribution in [3.63, 3.8) is 0 Å². The van der Waals surface area contributed by atoms with Gasteiger partial charge in [0.15, 0.2) is 0 Å². The monoisotopic (exact) mass is 419 g/mol. The fourth-order valence-corrected chi connectivity index (χ4v) is 3.24. The lowest BCUT2D eigenvalue weighted by Gasteiger charge is -2.40. The van der Waals surface area contributed by atoms with Gasteiger partial charge in [-0.15, -0.1) is 0 Å². The smallest absolute Gasteiger partial charge is 0.282 e. The Morgan fingerprint density at radius 2 is 2.21 bits per heavy atom. The van der Waals surface area contributed by atoms with Crippen molar-refractivity contribution in [2.45, 2.75) is 12.5 Å². The molecule has 0 aliphatic carbocycles. The van der Waals surface area contributed by atoms with E-state index in [0.29, 0.717) is 23.9 Å². The van der Waals surface area contributed by atoms with E-state index in [1.807, 2.05) is 4.90 Å². The Balaban J connectivity index is 1.62. The number of rotatable bonds is 4. The topological polar surface area (TPSA) is 63.1 Å². The molecule has 1 amide bonds. The van der Waals surface area contributed by atoms with Crippen LogP contribution in [0, 0.1) is 0 Å². The molecule has 24 heavy (non-hydrogen) atoms. The zero-order valence-corrected chi connectivity index (χ0v) is 14.9. The third kappa shape index (κ3) is 3.36. The highest BCUT2D eigenvalue weighted by Gasteiger charge is 2.32. The van der Waals surface area contributed by atoms with Crippen molar-refractivity contribution in [2.75, 3.05) is 18.0 Å². The fraction of sp³-hybridized carbons (Fsp3) is 0.357. The van der Waals surface area contributed by atoms with Crippen LogP contribution in [0.3, 0.4) is 0 Å². The van der Waals surface area contributed by atoms with Gasteiger partial charge in [-0.3, -0.25) is 9.48 Å². The van der Waals surface area contributed by atoms with Gasteiger partial charge in [0.05, 0.1) is 16.6 Å². The van der Waals surface area contributed by atoms with E-state index in [9.17, 15) is 13.6 Å². The van der Waals surface area contributed by atoms with Crippen molar-refractivity contribution in [1.82, 2.24) is 20.1 Å². The maximum Gasteiger partial charge on any atom is 0.282 e. The van der Waals surface area contributed by atoms with E-state index in [-0.39, 0.29) is 11.6 Å². The average Bonchev–Trinajstić information content (AvgIpc) is 2.85. The number of hydrogen-bond acceptors (Lipinski definition) is 4. The number of aryl methyl sites for hydroxylation is 1. The highest BCUT2D eigenvalue weighted by molar-refractivity contribution is 9.10. The zero-order valence-electron chi connectivity index (χ0n) is 12.5. The van der Waals surface area contributed by atoms with Gasteiger partial charge in [0.2, 0.25) is 0 Å². The minimum atomic E-state index is -2.80. The molecular formula is C14H13BrClF2N5O. The summed E-state index contributed by atoms with van der Waals surface area (Å²) >= 11 is 9.41. The standard InChI is InChI=1S/C14H13BrClF2N5O/c1-22-6-9(11(21-22)12(17)18)14(24)20-8-4-23(5-8)13-10(16)2-7(15)3-19-13/h2-3,6,8,12H,4-5H2,1H3,(H,20,24). The lowest BCUT2D eigenvalue weighted by atomic mass is 10.1. The number of halogens is 4. The van der Waals surface area contributed by atoms with Crippen molar-refractivity contribution in [1.29, 1.82) is 0 Å². The van der Waals surface area contributed by atoms with Crippen LogP contribution in [0.15, 0.2) is 22.9 Å². The van der Waals surface area contributed by atoms with Crippen LogP contribution < -0.4 is 10.2 Å². The molecule has 2 aromatic heterocycles. The summed E-state index contributed by atoms with van der Waals surface area (Å²) < 4.78 is 27.8. The summed E-state index contributed by atoms with van der Waals surface area (Å²) in [6.45, 7) is 1.01. The summed E-state index contributed by atoms with van der Waals surface area (Å²) in [5, 5.41) is 6.85. The first-order valence-corrected chi connectivity index (χ1v) is 8.20. The van der Waals surface area contributed by atoms with Gasteiger partial charge in [-0.1, -0.05) is 11.6 Å². The number of carbonyl (C=O) groups excluding carboxylic acids is 1. The fourth-order valence-electron chi connectivity index (χ4n) is 2.49. The van der Waals surface area contributed by atoms with Crippen LogP contribution in [0.5, 0.6) is 0 Å². The Morgan fingerprint density at radius 3 is 2.83 bits per heavy atom. The SMILES string of the molecule is Cn1cc(C(=O)NC2CN(c3ncc(Br)cc3Cl)C2)c(C(F)F)n1. The lowest BCUT2D eigenvalue weighted by Crippen LogP contribution is -2.59. The average molecular weight is 421 g/mol. The molecule has 6 nitrogen and oxygen atoms in total. The zero-order chi connectivity index (χ0) is 17.4. The molecule has 128 valence electrons. The first-order chi connectivity index (χ1) is 11.3. The largest absolute Gasteiger partial charge is 0.351 e. The number of nitrogens with zero attached hydrogens (tertiary/aromatic N) is 4. The summed E-state index contributed by atoms with van der Waals surface area (Å²) in [6.07, 6.45) is 0.133. The maximum absolute atomic E-state index is 12.9. The van der Waals surface area contributed by atoms with Crippen LogP contribution in [-0.2, 0) is 7.05 Å². The third-order valence-electron chi connectivity index (χ3n) is 3.61. The minimum absolute atomic E-state index is 0.106. The van der Waals surface area contributed by atoms with E-state index in [2.05, 4.69) is 31.3 Å². The second-order valence-corrected chi connectivity index (χ2v) is 6.76. The summed E-state index contributed by atoms with van der Waals surface area (Å²) in [5.41, 5.74) is -0.616. The predicted molar refractivity (Wildman–Crippen MR) is 88.6 cm³/mol. The van der Waals surface area contributed by atoms with Crippen molar-refractivity contribution < 1.29 is 13.6 Å². The number of nitrogens with one attached hydrogen (secondary N) is 1. The molecule has 0 atom stereocenters. The van der Waals surface area contributed by atoms with Crippen molar-refractivity contribution in [3.05, 3.63) is 39.2 Å². The maximum atomic E-state index is 12.9. The third-order valence-corrected chi connectivity index (χ3v) is 4.33. The van der Waals surface area contributed by atoms with Gasteiger partial charge >= 0.3 is 0 Å². The van der Waals surface area contributed by atoms with Gasteiger partial charge in [-0.25, -0.2) is 13.8 Å². The summed E-state index contributed by atoms with van der Waals surface area (Å²) in [5.74, 6) is 0.0675. The van der Waals surface area contributed by atoms with Crippen LogP contribution in [0.2, 0.25) is 5.02 Å². The molecule has 2 aromatic rings. The van der Waals surface area contributed by atoms with E-state index in [4.69, 9.17) is 11.6 Å². The van der Waals surface area contributed by atoms with Crippen LogP contribution in [-0.4, -0.2) is 39.8 Å². The second-order valence-electron chi connectivity index (χ2n) is 5.44. The molecule has 0 radical (unpaired) electrons. The number of carbonyl (C=O) groups is 1. The van der Waals surface area contributed by atoms with Gasteiger partial charge in [-0.05, 0) is 22.0 Å². The van der Waals surface area contributed by atoms with E-state index < -0.39 is 18.0 Å². The molecule has 10 heteroatoms. The molecule has 3 rings (SSSR count). The number of aromatic nitrogens is 3. The normalized spacial score (nSPS) is 14.8. The number of alkyl halides is 2. The Bertz CT molecular complexity index is 779.